The lowest BCUT2D eigenvalue weighted by molar-refractivity contribution is 0.543. The summed E-state index contributed by atoms with van der Waals surface area (Å²) in [7, 11) is -2.88. The molecule has 2 aromatic heterocycles. The Morgan fingerprint density at radius 2 is 2.24 bits per heavy atom. The number of hydrogen-bond donors (Lipinski definition) is 0. The largest absolute Gasteiger partial charge is 0.303 e. The lowest BCUT2D eigenvalue weighted by Gasteiger charge is -2.20. The van der Waals surface area contributed by atoms with Crippen molar-refractivity contribution in [3.63, 3.8) is 0 Å². The Morgan fingerprint density at radius 1 is 1.35 bits per heavy atom. The minimum atomic E-state index is -2.88. The van der Waals surface area contributed by atoms with E-state index in [0.717, 1.165) is 24.2 Å². The average Bonchev–Trinajstić information content (AvgIpc) is 2.71. The molecule has 1 aliphatic heterocycles. The van der Waals surface area contributed by atoms with Crippen LogP contribution in [0.25, 0.3) is 5.52 Å². The van der Waals surface area contributed by atoms with Gasteiger partial charge < -0.3 is 4.40 Å². The highest BCUT2D eigenvalue weighted by Gasteiger charge is 2.28. The van der Waals surface area contributed by atoms with Crippen LogP contribution in [0.15, 0.2) is 30.6 Å². The second-order valence-electron chi connectivity index (χ2n) is 4.57. The lowest BCUT2D eigenvalue weighted by atomic mass is 10.1. The SMILES string of the molecule is O=S1(=O)CCCC(c2ncc3ccccn23)C1. The van der Waals surface area contributed by atoms with Crippen LogP contribution in [0, 0.1) is 0 Å². The Kier molecular flexibility index (Phi) is 2.43. The summed E-state index contributed by atoms with van der Waals surface area (Å²) in [4.78, 5) is 4.38. The fourth-order valence-electron chi connectivity index (χ4n) is 2.49. The second-order valence-corrected chi connectivity index (χ2v) is 6.79. The van der Waals surface area contributed by atoms with E-state index in [2.05, 4.69) is 4.98 Å². The van der Waals surface area contributed by atoms with Crippen molar-refractivity contribution in [3.05, 3.63) is 36.4 Å². The van der Waals surface area contributed by atoms with Gasteiger partial charge in [-0.15, -0.1) is 0 Å². The third-order valence-electron chi connectivity index (χ3n) is 3.30. The van der Waals surface area contributed by atoms with Crippen LogP contribution in [0.4, 0.5) is 0 Å². The van der Waals surface area contributed by atoms with Gasteiger partial charge in [0.15, 0.2) is 9.84 Å². The predicted octanol–water partition coefficient (Wildman–Crippen LogP) is 1.63. The second kappa shape index (κ2) is 3.84. The van der Waals surface area contributed by atoms with Crippen molar-refractivity contribution in [1.82, 2.24) is 9.38 Å². The third kappa shape index (κ3) is 1.95. The number of sulfone groups is 1. The maximum Gasteiger partial charge on any atom is 0.151 e. The molecule has 5 heteroatoms. The van der Waals surface area contributed by atoms with Gasteiger partial charge in [-0.05, 0) is 25.0 Å². The fourth-order valence-corrected chi connectivity index (χ4v) is 4.20. The first-order valence-electron chi connectivity index (χ1n) is 5.78. The molecule has 1 aliphatic rings. The van der Waals surface area contributed by atoms with E-state index in [0.29, 0.717) is 5.75 Å². The quantitative estimate of drug-likeness (QED) is 0.773. The molecule has 90 valence electrons. The van der Waals surface area contributed by atoms with Gasteiger partial charge in [0.05, 0.1) is 23.2 Å². The van der Waals surface area contributed by atoms with E-state index in [9.17, 15) is 8.42 Å². The molecule has 1 fully saturated rings. The molecule has 0 aromatic carbocycles. The van der Waals surface area contributed by atoms with E-state index >= 15 is 0 Å². The number of rotatable bonds is 1. The summed E-state index contributed by atoms with van der Waals surface area (Å²) in [5.41, 5.74) is 1.02. The van der Waals surface area contributed by atoms with Crippen molar-refractivity contribution < 1.29 is 8.42 Å². The van der Waals surface area contributed by atoms with Crippen LogP contribution in [-0.2, 0) is 9.84 Å². The van der Waals surface area contributed by atoms with Crippen LogP contribution in [0.2, 0.25) is 0 Å². The third-order valence-corrected chi connectivity index (χ3v) is 5.12. The first-order chi connectivity index (χ1) is 8.16. The van der Waals surface area contributed by atoms with Gasteiger partial charge in [-0.2, -0.15) is 0 Å². The smallest absolute Gasteiger partial charge is 0.151 e. The van der Waals surface area contributed by atoms with E-state index in [1.54, 1.807) is 6.20 Å². The first-order valence-corrected chi connectivity index (χ1v) is 7.60. The summed E-state index contributed by atoms with van der Waals surface area (Å²) < 4.78 is 25.3. The number of pyridine rings is 1. The molecule has 0 spiro atoms. The van der Waals surface area contributed by atoms with Crippen LogP contribution in [-0.4, -0.2) is 29.3 Å². The van der Waals surface area contributed by atoms with Gasteiger partial charge in [-0.1, -0.05) is 6.07 Å². The fraction of sp³-hybridized carbons (Fsp3) is 0.417. The van der Waals surface area contributed by atoms with Crippen LogP contribution in [0.5, 0.6) is 0 Å². The summed E-state index contributed by atoms with van der Waals surface area (Å²) in [5.74, 6) is 1.48. The van der Waals surface area contributed by atoms with Gasteiger partial charge in [0.25, 0.3) is 0 Å². The van der Waals surface area contributed by atoms with Gasteiger partial charge >= 0.3 is 0 Å². The predicted molar refractivity (Wildman–Crippen MR) is 65.8 cm³/mol. The Balaban J connectivity index is 2.04. The normalized spacial score (nSPS) is 23.9. The molecule has 4 nitrogen and oxygen atoms in total. The highest BCUT2D eigenvalue weighted by molar-refractivity contribution is 7.91. The Hall–Kier alpha value is -1.36. The molecule has 0 radical (unpaired) electrons. The van der Waals surface area contributed by atoms with E-state index in [4.69, 9.17) is 0 Å². The van der Waals surface area contributed by atoms with E-state index in [-0.39, 0.29) is 11.7 Å². The molecule has 3 rings (SSSR count). The summed E-state index contributed by atoms with van der Waals surface area (Å²) in [6.07, 6.45) is 5.40. The van der Waals surface area contributed by atoms with Crippen molar-refractivity contribution in [2.75, 3.05) is 11.5 Å². The van der Waals surface area contributed by atoms with Crippen molar-refractivity contribution in [1.29, 1.82) is 0 Å². The molecule has 1 unspecified atom stereocenters. The van der Waals surface area contributed by atoms with E-state index in [1.807, 2.05) is 28.8 Å². The molecule has 0 bridgehead atoms. The van der Waals surface area contributed by atoms with Gasteiger partial charge in [0, 0.05) is 12.1 Å². The van der Waals surface area contributed by atoms with Gasteiger partial charge in [0.2, 0.25) is 0 Å². The molecular formula is C12H14N2O2S. The molecule has 0 saturated carbocycles. The monoisotopic (exact) mass is 250 g/mol. The molecular weight excluding hydrogens is 236 g/mol. The Bertz CT molecular complexity index is 645. The molecule has 0 aliphatic carbocycles. The zero-order valence-electron chi connectivity index (χ0n) is 9.41. The minimum Gasteiger partial charge on any atom is -0.303 e. The highest BCUT2D eigenvalue weighted by atomic mass is 32.2. The Morgan fingerprint density at radius 3 is 3.06 bits per heavy atom. The summed E-state index contributed by atoms with van der Waals surface area (Å²) in [5, 5.41) is 0. The number of hydrogen-bond acceptors (Lipinski definition) is 3. The van der Waals surface area contributed by atoms with Crippen LogP contribution < -0.4 is 0 Å². The maximum absolute atomic E-state index is 11.7. The van der Waals surface area contributed by atoms with Gasteiger partial charge in [-0.3, -0.25) is 0 Å². The average molecular weight is 250 g/mol. The molecule has 0 amide bonds. The molecule has 0 N–H and O–H groups in total. The number of aromatic nitrogens is 2. The molecule has 1 atom stereocenters. The van der Waals surface area contributed by atoms with E-state index < -0.39 is 9.84 Å². The summed E-state index contributed by atoms with van der Waals surface area (Å²) in [6, 6.07) is 5.88. The van der Waals surface area contributed by atoms with Crippen molar-refractivity contribution in [3.8, 4) is 0 Å². The summed E-state index contributed by atoms with van der Waals surface area (Å²) in [6.45, 7) is 0. The zero-order chi connectivity index (χ0) is 11.9. The zero-order valence-corrected chi connectivity index (χ0v) is 10.2. The number of fused-ring (bicyclic) bond motifs is 1. The van der Waals surface area contributed by atoms with Crippen molar-refractivity contribution in [2.24, 2.45) is 0 Å². The molecule has 2 aromatic rings. The van der Waals surface area contributed by atoms with Crippen LogP contribution in [0.1, 0.15) is 24.6 Å². The van der Waals surface area contributed by atoms with Crippen molar-refractivity contribution in [2.45, 2.75) is 18.8 Å². The standard InChI is InChI=1S/C12H14N2O2S/c15-17(16)7-3-4-10(9-17)12-13-8-11-5-1-2-6-14(11)12/h1-2,5-6,8,10H,3-4,7,9H2. The highest BCUT2D eigenvalue weighted by Crippen LogP contribution is 2.27. The number of imidazole rings is 1. The van der Waals surface area contributed by atoms with Crippen molar-refractivity contribution >= 4 is 15.4 Å². The van der Waals surface area contributed by atoms with Crippen LogP contribution >= 0.6 is 0 Å². The van der Waals surface area contributed by atoms with E-state index in [1.165, 1.54) is 0 Å². The van der Waals surface area contributed by atoms with Gasteiger partial charge in [-0.25, -0.2) is 13.4 Å². The number of nitrogens with zero attached hydrogens (tertiary/aromatic N) is 2. The molecule has 1 saturated heterocycles. The maximum atomic E-state index is 11.7. The lowest BCUT2D eigenvalue weighted by Crippen LogP contribution is -2.25. The first kappa shape index (κ1) is 10.8. The molecule has 17 heavy (non-hydrogen) atoms. The summed E-state index contributed by atoms with van der Waals surface area (Å²) >= 11 is 0. The van der Waals surface area contributed by atoms with Crippen LogP contribution in [0.3, 0.4) is 0 Å². The minimum absolute atomic E-state index is 0.0404. The van der Waals surface area contributed by atoms with Gasteiger partial charge in [0.1, 0.15) is 5.82 Å². The Labute approximate surface area is 100 Å². The topological polar surface area (TPSA) is 51.4 Å². The molecule has 3 heterocycles.